The maximum absolute atomic E-state index is 11.8. The van der Waals surface area contributed by atoms with E-state index < -0.39 is 18.0 Å². The number of urea groups is 1. The van der Waals surface area contributed by atoms with Crippen LogP contribution in [0.5, 0.6) is 0 Å². The molecule has 0 fully saturated rings. The Bertz CT molecular complexity index is 457. The van der Waals surface area contributed by atoms with Gasteiger partial charge in [0.05, 0.1) is 6.54 Å². The molecule has 0 aromatic carbocycles. The predicted octanol–water partition coefficient (Wildman–Crippen LogP) is 2.61. The van der Waals surface area contributed by atoms with Crippen LogP contribution in [-0.2, 0) is 17.8 Å². The van der Waals surface area contributed by atoms with E-state index in [0.29, 0.717) is 13.0 Å². The number of carbonyl (C=O) groups excluding carboxylic acids is 1. The molecule has 1 aromatic heterocycles. The van der Waals surface area contributed by atoms with Gasteiger partial charge in [0.1, 0.15) is 6.04 Å². The van der Waals surface area contributed by atoms with E-state index in [9.17, 15) is 9.59 Å². The maximum Gasteiger partial charge on any atom is 0.326 e. The minimum atomic E-state index is -1.00. The molecule has 6 heteroatoms. The SMILES string of the molecule is CCc1ccsc1CNC(=O)N[C@H](CC(C)C)C(=O)O. The second-order valence-electron chi connectivity index (χ2n) is 5.07. The van der Waals surface area contributed by atoms with Crippen molar-refractivity contribution in [1.82, 2.24) is 10.6 Å². The number of thiophene rings is 1. The topological polar surface area (TPSA) is 78.4 Å². The van der Waals surface area contributed by atoms with E-state index in [1.54, 1.807) is 11.3 Å². The molecule has 0 aliphatic rings. The number of aliphatic carboxylic acids is 1. The molecule has 0 bridgehead atoms. The standard InChI is InChI=1S/C14H22N2O3S/c1-4-10-5-6-20-12(10)8-15-14(19)16-11(13(17)18)7-9(2)3/h5-6,9,11H,4,7-8H2,1-3H3,(H,17,18)(H2,15,16,19)/t11-/m1/s1. The summed E-state index contributed by atoms with van der Waals surface area (Å²) in [5, 5.41) is 16.3. The summed E-state index contributed by atoms with van der Waals surface area (Å²) in [7, 11) is 0. The summed E-state index contributed by atoms with van der Waals surface area (Å²) >= 11 is 1.59. The Balaban J connectivity index is 2.48. The number of carboxylic acids is 1. The third kappa shape index (κ3) is 5.21. The molecular weight excluding hydrogens is 276 g/mol. The first-order chi connectivity index (χ1) is 9.43. The fourth-order valence-electron chi connectivity index (χ4n) is 1.90. The zero-order valence-corrected chi connectivity index (χ0v) is 12.9. The Morgan fingerprint density at radius 1 is 1.40 bits per heavy atom. The first kappa shape index (κ1) is 16.5. The lowest BCUT2D eigenvalue weighted by Gasteiger charge is -2.16. The predicted molar refractivity (Wildman–Crippen MR) is 79.9 cm³/mol. The molecule has 0 radical (unpaired) electrons. The van der Waals surface area contributed by atoms with Crippen LogP contribution < -0.4 is 10.6 Å². The van der Waals surface area contributed by atoms with E-state index in [2.05, 4.69) is 17.6 Å². The van der Waals surface area contributed by atoms with E-state index in [1.807, 2.05) is 25.3 Å². The highest BCUT2D eigenvalue weighted by Crippen LogP contribution is 2.16. The third-order valence-corrected chi connectivity index (χ3v) is 3.90. The Morgan fingerprint density at radius 3 is 2.65 bits per heavy atom. The molecule has 5 nitrogen and oxygen atoms in total. The summed E-state index contributed by atoms with van der Waals surface area (Å²) in [6, 6.07) is 0.760. The second kappa shape index (κ2) is 7.89. The number of amides is 2. The van der Waals surface area contributed by atoms with E-state index in [1.165, 1.54) is 5.56 Å². The van der Waals surface area contributed by atoms with Crippen molar-refractivity contribution in [3.05, 3.63) is 21.9 Å². The molecule has 0 spiro atoms. The molecule has 2 amide bonds. The lowest BCUT2D eigenvalue weighted by atomic mass is 10.0. The number of hydrogen-bond donors (Lipinski definition) is 3. The van der Waals surface area contributed by atoms with Crippen LogP contribution in [0.1, 0.15) is 37.6 Å². The van der Waals surface area contributed by atoms with Crippen LogP contribution >= 0.6 is 11.3 Å². The van der Waals surface area contributed by atoms with Gasteiger partial charge in [-0.25, -0.2) is 9.59 Å². The maximum atomic E-state index is 11.8. The second-order valence-corrected chi connectivity index (χ2v) is 6.07. The van der Waals surface area contributed by atoms with Crippen molar-refractivity contribution in [3.8, 4) is 0 Å². The Labute approximate surface area is 123 Å². The normalized spacial score (nSPS) is 12.2. The van der Waals surface area contributed by atoms with Gasteiger partial charge >= 0.3 is 12.0 Å². The summed E-state index contributed by atoms with van der Waals surface area (Å²) in [6.07, 6.45) is 1.34. The van der Waals surface area contributed by atoms with Crippen molar-refractivity contribution in [2.45, 2.75) is 46.2 Å². The molecule has 0 saturated carbocycles. The molecule has 0 aliphatic carbocycles. The van der Waals surface area contributed by atoms with Crippen LogP contribution in [0.4, 0.5) is 4.79 Å². The largest absolute Gasteiger partial charge is 0.480 e. The number of aryl methyl sites for hydroxylation is 1. The van der Waals surface area contributed by atoms with Gasteiger partial charge in [-0.3, -0.25) is 0 Å². The highest BCUT2D eigenvalue weighted by Gasteiger charge is 2.20. The van der Waals surface area contributed by atoms with Gasteiger partial charge in [-0.15, -0.1) is 11.3 Å². The Hall–Kier alpha value is -1.56. The number of carbonyl (C=O) groups is 2. The van der Waals surface area contributed by atoms with Gasteiger partial charge in [-0.05, 0) is 35.8 Å². The number of hydrogen-bond acceptors (Lipinski definition) is 3. The molecule has 1 aromatic rings. The molecule has 1 rings (SSSR count). The first-order valence-electron chi connectivity index (χ1n) is 6.76. The van der Waals surface area contributed by atoms with Crippen LogP contribution in [-0.4, -0.2) is 23.1 Å². The molecule has 20 heavy (non-hydrogen) atoms. The average molecular weight is 298 g/mol. The summed E-state index contributed by atoms with van der Waals surface area (Å²) in [5.74, 6) is -0.792. The first-order valence-corrected chi connectivity index (χ1v) is 7.64. The highest BCUT2D eigenvalue weighted by atomic mass is 32.1. The van der Waals surface area contributed by atoms with Crippen molar-refractivity contribution >= 4 is 23.3 Å². The number of nitrogens with one attached hydrogen (secondary N) is 2. The molecule has 0 saturated heterocycles. The summed E-state index contributed by atoms with van der Waals surface area (Å²) in [6.45, 7) is 6.35. The smallest absolute Gasteiger partial charge is 0.326 e. The molecule has 0 unspecified atom stereocenters. The minimum absolute atomic E-state index is 0.209. The van der Waals surface area contributed by atoms with Gasteiger partial charge in [0.2, 0.25) is 0 Å². The molecule has 3 N–H and O–H groups in total. The van der Waals surface area contributed by atoms with Crippen LogP contribution in [0.2, 0.25) is 0 Å². The quantitative estimate of drug-likeness (QED) is 0.724. The molecule has 0 aliphatic heterocycles. The zero-order chi connectivity index (χ0) is 15.1. The Kier molecular flexibility index (Phi) is 6.51. The lowest BCUT2D eigenvalue weighted by Crippen LogP contribution is -2.46. The summed E-state index contributed by atoms with van der Waals surface area (Å²) in [4.78, 5) is 23.9. The molecular formula is C14H22N2O3S. The van der Waals surface area contributed by atoms with Gasteiger partial charge in [-0.1, -0.05) is 20.8 Å². The van der Waals surface area contributed by atoms with Gasteiger partial charge < -0.3 is 15.7 Å². The minimum Gasteiger partial charge on any atom is -0.480 e. The monoisotopic (exact) mass is 298 g/mol. The van der Waals surface area contributed by atoms with Crippen LogP contribution in [0.3, 0.4) is 0 Å². The molecule has 1 atom stereocenters. The van der Waals surface area contributed by atoms with Gasteiger partial charge in [0, 0.05) is 4.88 Å². The number of rotatable bonds is 7. The fourth-order valence-corrected chi connectivity index (χ4v) is 2.82. The van der Waals surface area contributed by atoms with E-state index >= 15 is 0 Å². The Morgan fingerprint density at radius 2 is 2.10 bits per heavy atom. The van der Waals surface area contributed by atoms with Crippen molar-refractivity contribution < 1.29 is 14.7 Å². The van der Waals surface area contributed by atoms with Crippen molar-refractivity contribution in [1.29, 1.82) is 0 Å². The van der Waals surface area contributed by atoms with Crippen molar-refractivity contribution in [2.24, 2.45) is 5.92 Å². The van der Waals surface area contributed by atoms with Crippen molar-refractivity contribution in [2.75, 3.05) is 0 Å². The van der Waals surface area contributed by atoms with E-state index in [4.69, 9.17) is 5.11 Å². The summed E-state index contributed by atoms with van der Waals surface area (Å²) < 4.78 is 0. The summed E-state index contributed by atoms with van der Waals surface area (Å²) in [5.41, 5.74) is 1.22. The lowest BCUT2D eigenvalue weighted by molar-refractivity contribution is -0.139. The molecule has 1 heterocycles. The van der Waals surface area contributed by atoms with Gasteiger partial charge in [-0.2, -0.15) is 0 Å². The van der Waals surface area contributed by atoms with E-state index in [-0.39, 0.29) is 5.92 Å². The highest BCUT2D eigenvalue weighted by molar-refractivity contribution is 7.10. The number of carboxylic acid groups (broad SMARTS) is 1. The van der Waals surface area contributed by atoms with Crippen LogP contribution in [0.25, 0.3) is 0 Å². The third-order valence-electron chi connectivity index (χ3n) is 2.94. The van der Waals surface area contributed by atoms with E-state index in [0.717, 1.165) is 11.3 Å². The average Bonchev–Trinajstić information content (AvgIpc) is 2.82. The van der Waals surface area contributed by atoms with Gasteiger partial charge in [0.15, 0.2) is 0 Å². The van der Waals surface area contributed by atoms with Crippen LogP contribution in [0.15, 0.2) is 11.4 Å². The van der Waals surface area contributed by atoms with Crippen LogP contribution in [0, 0.1) is 5.92 Å². The van der Waals surface area contributed by atoms with Gasteiger partial charge in [0.25, 0.3) is 0 Å². The zero-order valence-electron chi connectivity index (χ0n) is 12.1. The van der Waals surface area contributed by atoms with Crippen molar-refractivity contribution in [3.63, 3.8) is 0 Å². The molecule has 112 valence electrons. The fraction of sp³-hybridized carbons (Fsp3) is 0.571.